The van der Waals surface area contributed by atoms with Crippen LogP contribution in [0.2, 0.25) is 0 Å². The van der Waals surface area contributed by atoms with Crippen molar-refractivity contribution in [1.82, 2.24) is 10.6 Å². The van der Waals surface area contributed by atoms with Gasteiger partial charge in [0.2, 0.25) is 11.8 Å². The number of benzene rings is 1. The summed E-state index contributed by atoms with van der Waals surface area (Å²) in [6.07, 6.45) is 1.58. The molecule has 27 heavy (non-hydrogen) atoms. The van der Waals surface area contributed by atoms with E-state index in [1.54, 1.807) is 0 Å². The van der Waals surface area contributed by atoms with Crippen LogP contribution in [-0.2, 0) is 16.1 Å². The number of amides is 2. The number of guanidine groups is 1. The Kier molecular flexibility index (Phi) is 7.20. The molecule has 1 atom stereocenters. The number of nitrogens with two attached hydrogens (primary N) is 2. The van der Waals surface area contributed by atoms with Gasteiger partial charge in [0, 0.05) is 13.1 Å². The van der Waals surface area contributed by atoms with E-state index >= 15 is 0 Å². The predicted molar refractivity (Wildman–Crippen MR) is 102 cm³/mol. The minimum atomic E-state index is -1.74. The minimum Gasteiger partial charge on any atom is -0.426 e. The van der Waals surface area contributed by atoms with Gasteiger partial charge in [-0.1, -0.05) is 30.3 Å². The van der Waals surface area contributed by atoms with Gasteiger partial charge in [-0.3, -0.25) is 14.6 Å². The number of hydrogen-bond acceptors (Lipinski definition) is 5. The first-order valence-corrected chi connectivity index (χ1v) is 8.90. The molecule has 2 amide bonds. The maximum Gasteiger partial charge on any atom is 0.475 e. The lowest BCUT2D eigenvalue weighted by Crippen LogP contribution is -2.51. The first kappa shape index (κ1) is 20.7. The third-order valence-corrected chi connectivity index (χ3v) is 4.56. The second-order valence-electron chi connectivity index (χ2n) is 6.69. The molecule has 8 N–H and O–H groups in total. The summed E-state index contributed by atoms with van der Waals surface area (Å²) in [7, 11) is -1.74. The molecular formula is C17H26BN5O4. The zero-order valence-corrected chi connectivity index (χ0v) is 15.1. The van der Waals surface area contributed by atoms with Crippen molar-refractivity contribution in [2.45, 2.75) is 38.2 Å². The topological polar surface area (TPSA) is 163 Å². The molecule has 0 aromatic heterocycles. The maximum absolute atomic E-state index is 12.6. The van der Waals surface area contributed by atoms with E-state index in [1.165, 1.54) is 0 Å². The summed E-state index contributed by atoms with van der Waals surface area (Å²) in [5, 5.41) is 24.4. The molecule has 146 valence electrons. The van der Waals surface area contributed by atoms with Crippen LogP contribution in [0.25, 0.3) is 0 Å². The van der Waals surface area contributed by atoms with Crippen molar-refractivity contribution in [3.63, 3.8) is 0 Å². The molecule has 1 aromatic carbocycles. The summed E-state index contributed by atoms with van der Waals surface area (Å²) in [4.78, 5) is 28.9. The fourth-order valence-electron chi connectivity index (χ4n) is 2.75. The fraction of sp³-hybridized carbons (Fsp3) is 0.471. The third kappa shape index (κ3) is 5.97. The molecule has 0 aliphatic heterocycles. The second kappa shape index (κ2) is 9.38. The maximum atomic E-state index is 12.6. The van der Waals surface area contributed by atoms with Crippen LogP contribution in [0.15, 0.2) is 35.3 Å². The second-order valence-corrected chi connectivity index (χ2v) is 6.69. The van der Waals surface area contributed by atoms with E-state index in [4.69, 9.17) is 11.5 Å². The number of carbonyl (C=O) groups is 2. The quantitative estimate of drug-likeness (QED) is 0.0972. The Morgan fingerprint density at radius 3 is 2.41 bits per heavy atom. The highest BCUT2D eigenvalue weighted by molar-refractivity contribution is 6.43. The minimum absolute atomic E-state index is 0.0489. The molecule has 1 unspecified atom stereocenters. The van der Waals surface area contributed by atoms with Gasteiger partial charge < -0.3 is 32.1 Å². The fourth-order valence-corrected chi connectivity index (χ4v) is 2.75. The molecular weight excluding hydrogens is 349 g/mol. The zero-order chi connectivity index (χ0) is 19.9. The largest absolute Gasteiger partial charge is 0.475 e. The van der Waals surface area contributed by atoms with Crippen LogP contribution in [0, 0.1) is 5.41 Å². The van der Waals surface area contributed by atoms with Gasteiger partial charge in [-0.25, -0.2) is 0 Å². The van der Waals surface area contributed by atoms with Crippen molar-refractivity contribution < 1.29 is 19.6 Å². The molecule has 0 heterocycles. The van der Waals surface area contributed by atoms with Crippen LogP contribution >= 0.6 is 0 Å². The van der Waals surface area contributed by atoms with Crippen LogP contribution in [0.3, 0.4) is 0 Å². The van der Waals surface area contributed by atoms with Gasteiger partial charge in [0.1, 0.15) is 5.41 Å². The smallest absolute Gasteiger partial charge is 0.426 e. The number of nitrogens with one attached hydrogen (secondary N) is 2. The number of carbonyl (C=O) groups excluding carboxylic acids is 2. The monoisotopic (exact) mass is 375 g/mol. The predicted octanol–water partition coefficient (Wildman–Crippen LogP) is -1.37. The summed E-state index contributed by atoms with van der Waals surface area (Å²) in [5.41, 5.74) is 10.3. The van der Waals surface area contributed by atoms with Crippen molar-refractivity contribution in [3.05, 3.63) is 35.9 Å². The van der Waals surface area contributed by atoms with Gasteiger partial charge in [0.05, 0.1) is 5.94 Å². The zero-order valence-electron chi connectivity index (χ0n) is 15.1. The Bertz CT molecular complexity index is 675. The first-order valence-electron chi connectivity index (χ1n) is 8.90. The van der Waals surface area contributed by atoms with E-state index in [-0.39, 0.29) is 18.3 Å². The van der Waals surface area contributed by atoms with E-state index in [0.29, 0.717) is 32.4 Å². The summed E-state index contributed by atoms with van der Waals surface area (Å²) >= 11 is 0. The lowest BCUT2D eigenvalue weighted by atomic mass is 9.76. The number of hydrogen-bond donors (Lipinski definition) is 6. The van der Waals surface area contributed by atoms with Crippen molar-refractivity contribution in [3.8, 4) is 0 Å². The van der Waals surface area contributed by atoms with E-state index in [2.05, 4.69) is 15.6 Å². The lowest BCUT2D eigenvalue weighted by Gasteiger charge is -2.21. The molecule has 1 aliphatic carbocycles. The normalized spacial score (nSPS) is 15.3. The Morgan fingerprint density at radius 2 is 1.85 bits per heavy atom. The van der Waals surface area contributed by atoms with Gasteiger partial charge in [-0.2, -0.15) is 0 Å². The number of nitrogens with zero attached hydrogens (tertiary/aromatic N) is 1. The molecule has 0 radical (unpaired) electrons. The summed E-state index contributed by atoms with van der Waals surface area (Å²) in [6, 6.07) is 9.39. The SMILES string of the molecule is NC(N)=NCCCC(NC(=O)C1(C(=O)NCc2ccccc2)CC1)B(O)O. The van der Waals surface area contributed by atoms with Gasteiger partial charge in [0.25, 0.3) is 0 Å². The molecule has 10 heteroatoms. The highest BCUT2D eigenvalue weighted by atomic mass is 16.4. The van der Waals surface area contributed by atoms with Crippen molar-refractivity contribution >= 4 is 24.9 Å². The highest BCUT2D eigenvalue weighted by Crippen LogP contribution is 2.46. The van der Waals surface area contributed by atoms with Crippen molar-refractivity contribution in [2.75, 3.05) is 6.54 Å². The van der Waals surface area contributed by atoms with E-state index < -0.39 is 24.4 Å². The van der Waals surface area contributed by atoms with Gasteiger partial charge in [-0.15, -0.1) is 0 Å². The molecule has 1 aliphatic rings. The molecule has 1 aromatic rings. The van der Waals surface area contributed by atoms with Gasteiger partial charge in [0.15, 0.2) is 5.96 Å². The van der Waals surface area contributed by atoms with Gasteiger partial charge in [-0.05, 0) is 31.2 Å². The average Bonchev–Trinajstić information content (AvgIpc) is 3.44. The number of aliphatic imine (C=N–C) groups is 1. The molecule has 0 spiro atoms. The standard InChI is InChI=1S/C17H26BN5O4/c19-16(20)21-10-4-7-13(18(26)27)23-15(25)17(8-9-17)14(24)22-11-12-5-2-1-3-6-12/h1-3,5-6,13,26-27H,4,7-11H2,(H,22,24)(H,23,25)(H4,19,20,21). The average molecular weight is 375 g/mol. The lowest BCUT2D eigenvalue weighted by molar-refractivity contribution is -0.137. The van der Waals surface area contributed by atoms with Crippen LogP contribution in [-0.4, -0.2) is 47.4 Å². The Hall–Kier alpha value is -2.59. The summed E-state index contributed by atoms with van der Waals surface area (Å²) in [6.45, 7) is 0.642. The molecule has 0 saturated heterocycles. The van der Waals surface area contributed by atoms with Crippen molar-refractivity contribution in [1.29, 1.82) is 0 Å². The van der Waals surface area contributed by atoms with E-state index in [0.717, 1.165) is 5.56 Å². The molecule has 0 bridgehead atoms. The summed E-state index contributed by atoms with van der Waals surface area (Å²) < 4.78 is 0. The van der Waals surface area contributed by atoms with Crippen molar-refractivity contribution in [2.24, 2.45) is 21.9 Å². The van der Waals surface area contributed by atoms with E-state index in [1.807, 2.05) is 30.3 Å². The van der Waals surface area contributed by atoms with Crippen LogP contribution in [0.4, 0.5) is 0 Å². The Morgan fingerprint density at radius 1 is 1.19 bits per heavy atom. The van der Waals surface area contributed by atoms with Gasteiger partial charge >= 0.3 is 7.12 Å². The van der Waals surface area contributed by atoms with Crippen LogP contribution < -0.4 is 22.1 Å². The Labute approximate surface area is 158 Å². The van der Waals surface area contributed by atoms with E-state index in [9.17, 15) is 19.6 Å². The molecule has 1 fully saturated rings. The third-order valence-electron chi connectivity index (χ3n) is 4.56. The first-order chi connectivity index (χ1) is 12.8. The molecule has 9 nitrogen and oxygen atoms in total. The van der Waals surface area contributed by atoms with Crippen LogP contribution in [0.1, 0.15) is 31.2 Å². The van der Waals surface area contributed by atoms with Crippen LogP contribution in [0.5, 0.6) is 0 Å². The number of rotatable bonds is 10. The summed E-state index contributed by atoms with van der Waals surface area (Å²) in [5.74, 6) is -1.79. The highest BCUT2D eigenvalue weighted by Gasteiger charge is 2.57. The molecule has 1 saturated carbocycles. The molecule has 2 rings (SSSR count). The Balaban J connectivity index is 1.87.